The standard InChI is InChI=1S/C21H27N3O4.C19H23N3O4/c1-4-27-20(25)12-18-11-19-13-23(6-5-7-24(19)22-18)21(26)28-14-17-9-15(2)8-16(3)10-17;1-13-6-14(2)8-15(7-13)12-26-19(25)21-4-3-5-22-17(11-21)9-16(20-22)10-18(23)24/h8-11H,4-7,12-14H2,1-3H3;6-9H,3-5,10-12H2,1-2H3,(H,23,24). The van der Waals surface area contributed by atoms with Crippen LogP contribution in [-0.2, 0) is 76.0 Å². The normalized spacial score (nSPS) is 13.7. The van der Waals surface area contributed by atoms with E-state index in [1.165, 1.54) is 0 Å². The van der Waals surface area contributed by atoms with E-state index in [0.717, 1.165) is 57.6 Å². The molecule has 2 aromatic carbocycles. The van der Waals surface area contributed by atoms with Crippen molar-refractivity contribution in [2.24, 2.45) is 0 Å². The number of aryl methyl sites for hydroxylation is 6. The molecular weight excluding hydrogens is 692 g/mol. The molecule has 2 amide bonds. The Morgan fingerprint density at radius 2 is 1.04 bits per heavy atom. The van der Waals surface area contributed by atoms with Crippen molar-refractivity contribution < 1.29 is 38.5 Å². The monoisotopic (exact) mass is 742 g/mol. The number of carboxylic acid groups (broad SMARTS) is 1. The minimum atomic E-state index is -0.914. The van der Waals surface area contributed by atoms with Gasteiger partial charge in [0.1, 0.15) is 13.2 Å². The van der Waals surface area contributed by atoms with Crippen LogP contribution in [0, 0.1) is 27.7 Å². The molecule has 2 aromatic heterocycles. The van der Waals surface area contributed by atoms with Gasteiger partial charge in [0.2, 0.25) is 0 Å². The zero-order valence-corrected chi connectivity index (χ0v) is 31.8. The van der Waals surface area contributed by atoms with E-state index in [1.807, 2.05) is 62.7 Å². The van der Waals surface area contributed by atoms with Gasteiger partial charge in [-0.05, 0) is 70.7 Å². The van der Waals surface area contributed by atoms with Crippen molar-refractivity contribution in [2.75, 3.05) is 19.7 Å². The summed E-state index contributed by atoms with van der Waals surface area (Å²) in [5.41, 5.74) is 9.46. The summed E-state index contributed by atoms with van der Waals surface area (Å²) in [5, 5.41) is 17.7. The number of hydrogen-bond acceptors (Lipinski definition) is 9. The number of nitrogens with zero attached hydrogens (tertiary/aromatic N) is 6. The first kappa shape index (κ1) is 39.5. The van der Waals surface area contributed by atoms with E-state index >= 15 is 0 Å². The van der Waals surface area contributed by atoms with Gasteiger partial charge in [-0.1, -0.05) is 58.7 Å². The van der Waals surface area contributed by atoms with E-state index in [4.69, 9.17) is 19.3 Å². The van der Waals surface area contributed by atoms with Gasteiger partial charge in [0.05, 0.1) is 55.3 Å². The Kier molecular flexibility index (Phi) is 13.5. The number of carbonyl (C=O) groups is 4. The number of esters is 1. The van der Waals surface area contributed by atoms with Gasteiger partial charge >= 0.3 is 24.1 Å². The maximum atomic E-state index is 12.6. The molecule has 14 nitrogen and oxygen atoms in total. The van der Waals surface area contributed by atoms with Crippen molar-refractivity contribution in [1.29, 1.82) is 0 Å². The predicted octanol–water partition coefficient (Wildman–Crippen LogP) is 5.82. The van der Waals surface area contributed by atoms with Crippen LogP contribution in [0.4, 0.5) is 9.59 Å². The van der Waals surface area contributed by atoms with Crippen molar-refractivity contribution in [3.8, 4) is 0 Å². The first-order valence-electron chi connectivity index (χ1n) is 18.3. The second-order valence-electron chi connectivity index (χ2n) is 13.9. The number of benzene rings is 2. The molecule has 0 fully saturated rings. The highest BCUT2D eigenvalue weighted by atomic mass is 16.6. The number of ether oxygens (including phenoxy) is 3. The molecule has 0 atom stereocenters. The topological polar surface area (TPSA) is 158 Å². The number of rotatable bonds is 9. The predicted molar refractivity (Wildman–Crippen MR) is 198 cm³/mol. The smallest absolute Gasteiger partial charge is 0.410 e. The molecule has 2 aliphatic rings. The Morgan fingerprint density at radius 3 is 1.44 bits per heavy atom. The first-order valence-corrected chi connectivity index (χ1v) is 18.3. The SMILES string of the molecule is CCOC(=O)Cc1cc2n(n1)CCCN(C(=O)OCc1cc(C)cc(C)c1)C2.Cc1cc(C)cc(COC(=O)N2CCCn3nc(CC(=O)O)cc3C2)c1. The van der Waals surface area contributed by atoms with Crippen LogP contribution < -0.4 is 0 Å². The molecule has 288 valence electrons. The fourth-order valence-electron chi connectivity index (χ4n) is 6.82. The fraction of sp³-hybridized carbons (Fsp3) is 0.450. The van der Waals surface area contributed by atoms with Gasteiger partial charge in [0.15, 0.2) is 0 Å². The summed E-state index contributed by atoms with van der Waals surface area (Å²) in [5.74, 6) is -1.21. The summed E-state index contributed by atoms with van der Waals surface area (Å²) in [7, 11) is 0. The molecule has 0 aliphatic carbocycles. The fourth-order valence-corrected chi connectivity index (χ4v) is 6.82. The Bertz CT molecular complexity index is 1930. The van der Waals surface area contributed by atoms with Gasteiger partial charge in [-0.15, -0.1) is 0 Å². The average molecular weight is 743 g/mol. The molecule has 0 unspecified atom stereocenters. The highest BCUT2D eigenvalue weighted by Crippen LogP contribution is 2.19. The molecular formula is C40H50N6O8. The lowest BCUT2D eigenvalue weighted by Crippen LogP contribution is -2.31. The van der Waals surface area contributed by atoms with E-state index in [9.17, 15) is 19.2 Å². The third-order valence-corrected chi connectivity index (χ3v) is 8.90. The van der Waals surface area contributed by atoms with Crippen molar-refractivity contribution in [3.63, 3.8) is 0 Å². The number of amides is 2. The minimum Gasteiger partial charge on any atom is -0.481 e. The number of aromatic nitrogens is 4. The summed E-state index contributed by atoms with van der Waals surface area (Å²) in [6.45, 7) is 14.1. The number of carboxylic acids is 1. The van der Waals surface area contributed by atoms with Gasteiger partial charge in [0.25, 0.3) is 0 Å². The van der Waals surface area contributed by atoms with Crippen LogP contribution in [0.25, 0.3) is 0 Å². The number of aliphatic carboxylic acids is 1. The molecule has 14 heteroatoms. The Hall–Kier alpha value is -5.66. The molecule has 6 rings (SSSR count). The summed E-state index contributed by atoms with van der Waals surface area (Å²) in [4.78, 5) is 50.9. The molecule has 1 N–H and O–H groups in total. The van der Waals surface area contributed by atoms with Crippen molar-refractivity contribution in [3.05, 3.63) is 105 Å². The summed E-state index contributed by atoms with van der Waals surface area (Å²) >= 11 is 0. The molecule has 54 heavy (non-hydrogen) atoms. The zero-order chi connectivity index (χ0) is 38.8. The van der Waals surface area contributed by atoms with Crippen LogP contribution in [0.2, 0.25) is 0 Å². The maximum absolute atomic E-state index is 12.6. The molecule has 0 spiro atoms. The van der Waals surface area contributed by atoms with E-state index < -0.39 is 5.97 Å². The van der Waals surface area contributed by atoms with Crippen LogP contribution >= 0.6 is 0 Å². The van der Waals surface area contributed by atoms with Crippen molar-refractivity contribution >= 4 is 24.1 Å². The van der Waals surface area contributed by atoms with E-state index in [0.29, 0.717) is 57.3 Å². The Labute approximate surface area is 315 Å². The maximum Gasteiger partial charge on any atom is 0.410 e. The van der Waals surface area contributed by atoms with E-state index in [1.54, 1.807) is 27.5 Å². The van der Waals surface area contributed by atoms with Gasteiger partial charge in [-0.2, -0.15) is 10.2 Å². The summed E-state index contributed by atoms with van der Waals surface area (Å²) in [6.07, 6.45) is 0.869. The van der Waals surface area contributed by atoms with Gasteiger partial charge in [0, 0.05) is 26.2 Å². The molecule has 0 saturated carbocycles. The molecule has 0 saturated heterocycles. The van der Waals surface area contributed by atoms with Crippen LogP contribution in [-0.4, -0.2) is 78.3 Å². The number of fused-ring (bicyclic) bond motifs is 2. The molecule has 4 heterocycles. The molecule has 0 radical (unpaired) electrons. The van der Waals surface area contributed by atoms with Crippen LogP contribution in [0.3, 0.4) is 0 Å². The number of carbonyl (C=O) groups excluding carboxylic acids is 3. The highest BCUT2D eigenvalue weighted by molar-refractivity contribution is 5.72. The quantitative estimate of drug-likeness (QED) is 0.164. The molecule has 2 aliphatic heterocycles. The average Bonchev–Trinajstić information content (AvgIpc) is 3.50. The molecule has 4 aromatic rings. The lowest BCUT2D eigenvalue weighted by atomic mass is 10.1. The van der Waals surface area contributed by atoms with E-state index in [-0.39, 0.29) is 44.2 Å². The van der Waals surface area contributed by atoms with Crippen molar-refractivity contribution in [2.45, 2.75) is 99.7 Å². The first-order chi connectivity index (χ1) is 25.8. The third kappa shape index (κ3) is 11.4. The van der Waals surface area contributed by atoms with Crippen LogP contribution in [0.15, 0.2) is 48.5 Å². The van der Waals surface area contributed by atoms with Gasteiger partial charge in [-0.3, -0.25) is 19.0 Å². The third-order valence-electron chi connectivity index (χ3n) is 8.90. The zero-order valence-electron chi connectivity index (χ0n) is 31.8. The second-order valence-corrected chi connectivity index (χ2v) is 13.9. The highest BCUT2D eigenvalue weighted by Gasteiger charge is 2.24. The summed E-state index contributed by atoms with van der Waals surface area (Å²) < 4.78 is 19.7. The lowest BCUT2D eigenvalue weighted by molar-refractivity contribution is -0.142. The second kappa shape index (κ2) is 18.4. The van der Waals surface area contributed by atoms with Gasteiger partial charge < -0.3 is 29.1 Å². The van der Waals surface area contributed by atoms with Crippen molar-refractivity contribution in [1.82, 2.24) is 29.4 Å². The summed E-state index contributed by atoms with van der Waals surface area (Å²) in [6, 6.07) is 15.9. The largest absolute Gasteiger partial charge is 0.481 e. The minimum absolute atomic E-state index is 0.114. The number of hydrogen-bond donors (Lipinski definition) is 1. The molecule has 0 bridgehead atoms. The Balaban J connectivity index is 0.000000208. The van der Waals surface area contributed by atoms with Crippen LogP contribution in [0.1, 0.15) is 75.9 Å². The van der Waals surface area contributed by atoms with E-state index in [2.05, 4.69) is 22.3 Å². The van der Waals surface area contributed by atoms with Gasteiger partial charge in [-0.25, -0.2) is 9.59 Å². The van der Waals surface area contributed by atoms with Crippen LogP contribution in [0.5, 0.6) is 0 Å². The lowest BCUT2D eigenvalue weighted by Gasteiger charge is -2.19. The Morgan fingerprint density at radius 1 is 0.611 bits per heavy atom.